The molecule has 0 spiro atoms. The third-order valence-electron chi connectivity index (χ3n) is 6.53. The highest BCUT2D eigenvalue weighted by Gasteiger charge is 2.34. The predicted octanol–water partition coefficient (Wildman–Crippen LogP) is 5.68. The van der Waals surface area contributed by atoms with E-state index in [9.17, 15) is 22.8 Å². The minimum absolute atomic E-state index is 0.0377. The zero-order valence-electron chi connectivity index (χ0n) is 23.4. The van der Waals surface area contributed by atoms with Gasteiger partial charge in [0.05, 0.1) is 6.61 Å². The number of anilines is 1. The first-order valence-electron chi connectivity index (χ1n) is 13.2. The summed E-state index contributed by atoms with van der Waals surface area (Å²) in [4.78, 5) is 38.6. The van der Waals surface area contributed by atoms with Gasteiger partial charge in [0.15, 0.2) is 5.69 Å². The molecule has 0 radical (unpaired) electrons. The molecular weight excluding hydrogens is 573 g/mol. The molecular formula is C28H31F3N6O4S. The summed E-state index contributed by atoms with van der Waals surface area (Å²) < 4.78 is 51.7. The number of rotatable bonds is 9. The first-order chi connectivity index (χ1) is 19.9. The van der Waals surface area contributed by atoms with Gasteiger partial charge in [-0.05, 0) is 58.0 Å². The van der Waals surface area contributed by atoms with E-state index in [1.165, 1.54) is 25.4 Å². The van der Waals surface area contributed by atoms with Crippen LogP contribution in [-0.2, 0) is 15.7 Å². The van der Waals surface area contributed by atoms with E-state index < -0.39 is 23.9 Å². The minimum Gasteiger partial charge on any atom is -0.477 e. The van der Waals surface area contributed by atoms with Crippen LogP contribution >= 0.6 is 11.3 Å². The summed E-state index contributed by atoms with van der Waals surface area (Å²) >= 11 is 0.797. The number of nitrogens with one attached hydrogen (secondary N) is 2. The molecule has 3 aromatic heterocycles. The van der Waals surface area contributed by atoms with Gasteiger partial charge in [0.25, 0.3) is 0 Å². The van der Waals surface area contributed by atoms with Crippen molar-refractivity contribution in [3.05, 3.63) is 47.7 Å². The predicted molar refractivity (Wildman–Crippen MR) is 153 cm³/mol. The molecule has 1 fully saturated rings. The summed E-state index contributed by atoms with van der Waals surface area (Å²) in [5.74, 6) is 0.0747. The van der Waals surface area contributed by atoms with Gasteiger partial charge in [0.2, 0.25) is 5.88 Å². The van der Waals surface area contributed by atoms with Gasteiger partial charge >= 0.3 is 18.2 Å². The Balaban J connectivity index is 1.81. The largest absolute Gasteiger partial charge is 0.477 e. The highest BCUT2D eigenvalue weighted by atomic mass is 32.1. The van der Waals surface area contributed by atoms with E-state index in [2.05, 4.69) is 44.1 Å². The van der Waals surface area contributed by atoms with Gasteiger partial charge in [-0.15, -0.1) is 11.3 Å². The Bertz CT molecular complexity index is 1450. The molecule has 0 aliphatic carbocycles. The molecule has 3 aromatic rings. The molecule has 1 aliphatic heterocycles. The number of pyridine rings is 2. The molecule has 1 aliphatic rings. The second kappa shape index (κ2) is 13.3. The van der Waals surface area contributed by atoms with Crippen LogP contribution < -0.4 is 15.4 Å². The number of carbonyl (C=O) groups excluding carboxylic acids is 2. The number of piperidine rings is 1. The minimum atomic E-state index is -4.64. The SMILES string of the molecule is C=C(OC(C)=O)c1cnc(OCC2CCN(C)CC2)c(-c2cnc(NC(=O)NCC)cc2-c2nc(C(F)(F)F)cs2)c1. The van der Waals surface area contributed by atoms with Crippen LogP contribution in [0.3, 0.4) is 0 Å². The maximum atomic E-state index is 13.5. The number of alkyl halides is 3. The molecule has 0 bridgehead atoms. The Morgan fingerprint density at radius 3 is 2.52 bits per heavy atom. The highest BCUT2D eigenvalue weighted by Crippen LogP contribution is 2.41. The fraction of sp³-hybridized carbons (Fsp3) is 0.393. The molecule has 4 heterocycles. The average Bonchev–Trinajstić information content (AvgIpc) is 3.44. The molecule has 0 unspecified atom stereocenters. The Morgan fingerprint density at radius 1 is 1.14 bits per heavy atom. The Kier molecular flexibility index (Phi) is 9.78. The van der Waals surface area contributed by atoms with Gasteiger partial charge in [-0.2, -0.15) is 13.2 Å². The van der Waals surface area contributed by atoms with Gasteiger partial charge < -0.3 is 19.7 Å². The fourth-order valence-electron chi connectivity index (χ4n) is 4.33. The lowest BCUT2D eigenvalue weighted by Gasteiger charge is -2.28. The zero-order valence-corrected chi connectivity index (χ0v) is 24.2. The quantitative estimate of drug-likeness (QED) is 0.237. The van der Waals surface area contributed by atoms with Crippen LogP contribution in [0.5, 0.6) is 5.88 Å². The summed E-state index contributed by atoms with van der Waals surface area (Å²) in [5.41, 5.74) is 0.306. The number of hydrogen-bond donors (Lipinski definition) is 2. The topological polar surface area (TPSA) is 119 Å². The molecule has 42 heavy (non-hydrogen) atoms. The second-order valence-electron chi connectivity index (χ2n) is 9.79. The van der Waals surface area contributed by atoms with Crippen LogP contribution in [0, 0.1) is 5.92 Å². The van der Waals surface area contributed by atoms with Crippen LogP contribution in [0.25, 0.3) is 27.5 Å². The summed E-state index contributed by atoms with van der Waals surface area (Å²) in [6, 6.07) is 2.54. The molecule has 0 saturated carbocycles. The number of esters is 1. The van der Waals surface area contributed by atoms with Gasteiger partial charge in [-0.3, -0.25) is 10.1 Å². The van der Waals surface area contributed by atoms with Gasteiger partial charge in [0, 0.05) is 53.5 Å². The maximum Gasteiger partial charge on any atom is 0.434 e. The van der Waals surface area contributed by atoms with Crippen LogP contribution in [0.15, 0.2) is 36.5 Å². The van der Waals surface area contributed by atoms with E-state index in [4.69, 9.17) is 9.47 Å². The number of hydrogen-bond acceptors (Lipinski definition) is 9. The van der Waals surface area contributed by atoms with Crippen LogP contribution in [0.2, 0.25) is 0 Å². The summed E-state index contributed by atoms with van der Waals surface area (Å²) in [6.45, 7) is 9.40. The second-order valence-corrected chi connectivity index (χ2v) is 10.6. The molecule has 2 amide bonds. The van der Waals surface area contributed by atoms with E-state index in [1.54, 1.807) is 13.0 Å². The summed E-state index contributed by atoms with van der Waals surface area (Å²) in [6.07, 6.45) is 0.0972. The lowest BCUT2D eigenvalue weighted by atomic mass is 9.98. The maximum absolute atomic E-state index is 13.5. The molecule has 10 nitrogen and oxygen atoms in total. The number of likely N-dealkylation sites (tertiary alicyclic amines) is 1. The Hall–Kier alpha value is -4.04. The summed E-state index contributed by atoms with van der Waals surface area (Å²) in [7, 11) is 2.06. The van der Waals surface area contributed by atoms with Crippen molar-refractivity contribution in [2.75, 3.05) is 38.6 Å². The number of amides is 2. The van der Waals surface area contributed by atoms with Gasteiger partial charge in [0.1, 0.15) is 16.6 Å². The van der Waals surface area contributed by atoms with Crippen molar-refractivity contribution >= 4 is 34.9 Å². The normalized spacial score (nSPS) is 14.3. The number of aromatic nitrogens is 3. The van der Waals surface area contributed by atoms with Crippen molar-refractivity contribution in [2.24, 2.45) is 5.92 Å². The van der Waals surface area contributed by atoms with Gasteiger partial charge in [-0.25, -0.2) is 19.7 Å². The highest BCUT2D eigenvalue weighted by molar-refractivity contribution is 7.13. The lowest BCUT2D eigenvalue weighted by Crippen LogP contribution is -2.32. The number of nitrogens with zero attached hydrogens (tertiary/aromatic N) is 4. The van der Waals surface area contributed by atoms with E-state index in [1.807, 2.05) is 0 Å². The monoisotopic (exact) mass is 604 g/mol. The van der Waals surface area contributed by atoms with Crippen molar-refractivity contribution in [3.63, 3.8) is 0 Å². The third kappa shape index (κ3) is 7.82. The van der Waals surface area contributed by atoms with Crippen molar-refractivity contribution in [2.45, 2.75) is 32.9 Å². The van der Waals surface area contributed by atoms with E-state index in [0.717, 1.165) is 42.6 Å². The van der Waals surface area contributed by atoms with Crippen molar-refractivity contribution in [1.29, 1.82) is 0 Å². The zero-order chi connectivity index (χ0) is 30.4. The first kappa shape index (κ1) is 30.9. The Morgan fingerprint density at radius 2 is 1.88 bits per heavy atom. The molecule has 14 heteroatoms. The van der Waals surface area contributed by atoms with Crippen LogP contribution in [0.4, 0.5) is 23.8 Å². The third-order valence-corrected chi connectivity index (χ3v) is 7.41. The molecule has 4 rings (SSSR count). The fourth-order valence-corrected chi connectivity index (χ4v) is 5.19. The molecule has 1 saturated heterocycles. The van der Waals surface area contributed by atoms with Crippen LogP contribution in [0.1, 0.15) is 37.9 Å². The first-order valence-corrected chi connectivity index (χ1v) is 14.1. The van der Waals surface area contributed by atoms with E-state index >= 15 is 0 Å². The number of thiazole rings is 1. The lowest BCUT2D eigenvalue weighted by molar-refractivity contribution is -0.140. The van der Waals surface area contributed by atoms with Crippen molar-refractivity contribution in [1.82, 2.24) is 25.2 Å². The van der Waals surface area contributed by atoms with E-state index in [0.29, 0.717) is 35.8 Å². The smallest absolute Gasteiger partial charge is 0.434 e. The molecule has 0 atom stereocenters. The molecule has 224 valence electrons. The van der Waals surface area contributed by atoms with E-state index in [-0.39, 0.29) is 28.0 Å². The summed E-state index contributed by atoms with van der Waals surface area (Å²) in [5, 5.41) is 6.13. The van der Waals surface area contributed by atoms with Crippen LogP contribution in [-0.4, -0.2) is 65.1 Å². The van der Waals surface area contributed by atoms with Crippen molar-refractivity contribution in [3.8, 4) is 27.6 Å². The standard InChI is InChI=1S/C28H31F3N6O4S/c1-5-32-27(39)36-24-11-21(26-35-23(15-42-26)28(29,30)31)22(13-33-24)20-10-19(16(2)41-17(3)38)12-34-25(20)40-14-18-6-8-37(4)9-7-18/h10-13,15,18H,2,5-9,14H2,1,3-4H3,(H2,32,33,36,39). The average molecular weight is 605 g/mol. The number of ether oxygens (including phenoxy) is 2. The molecule has 2 N–H and O–H groups in total. The molecule has 0 aromatic carbocycles. The van der Waals surface area contributed by atoms with Crippen molar-refractivity contribution < 1.29 is 32.2 Å². The number of halogens is 3. The number of urea groups is 1. The van der Waals surface area contributed by atoms with Gasteiger partial charge in [-0.1, -0.05) is 6.58 Å². The number of carbonyl (C=O) groups is 2. The Labute approximate surface area is 245 Å².